The van der Waals surface area contributed by atoms with E-state index in [1.54, 1.807) is 0 Å². The van der Waals surface area contributed by atoms with Crippen molar-refractivity contribution in [2.45, 2.75) is 33.8 Å². The number of ether oxygens (including phenoxy) is 1. The van der Waals surface area contributed by atoms with Gasteiger partial charge in [0, 0.05) is 6.42 Å². The van der Waals surface area contributed by atoms with Crippen molar-refractivity contribution in [3.8, 4) is 0 Å². The predicted octanol–water partition coefficient (Wildman–Crippen LogP) is 3.08. The van der Waals surface area contributed by atoms with Crippen molar-refractivity contribution in [3.05, 3.63) is 35.4 Å². The summed E-state index contributed by atoms with van der Waals surface area (Å²) in [6.07, 6.45) is 0.492. The van der Waals surface area contributed by atoms with Crippen LogP contribution in [-0.2, 0) is 16.1 Å². The first-order valence-corrected chi connectivity index (χ1v) is 5.29. The molecule has 1 aromatic rings. The molecule has 2 heteroatoms. The van der Waals surface area contributed by atoms with Crippen molar-refractivity contribution in [2.75, 3.05) is 0 Å². The minimum atomic E-state index is -0.120. The van der Waals surface area contributed by atoms with Crippen molar-refractivity contribution < 1.29 is 9.53 Å². The summed E-state index contributed by atoms with van der Waals surface area (Å²) in [4.78, 5) is 11.3. The first-order valence-electron chi connectivity index (χ1n) is 5.29. The van der Waals surface area contributed by atoms with Gasteiger partial charge in [-0.2, -0.15) is 0 Å². The molecule has 0 aliphatic rings. The summed E-state index contributed by atoms with van der Waals surface area (Å²) in [7, 11) is 0. The zero-order valence-electron chi connectivity index (χ0n) is 9.62. The van der Waals surface area contributed by atoms with Gasteiger partial charge in [-0.25, -0.2) is 0 Å². The maximum absolute atomic E-state index is 11.3. The quantitative estimate of drug-likeness (QED) is 0.708. The fourth-order valence-corrected chi connectivity index (χ4v) is 1.24. The van der Waals surface area contributed by atoms with Crippen LogP contribution in [0.2, 0.25) is 0 Å². The third kappa shape index (κ3) is 4.63. The van der Waals surface area contributed by atoms with Crippen LogP contribution >= 0.6 is 0 Å². The number of carbonyl (C=O) groups is 1. The molecule has 0 atom stereocenters. The van der Waals surface area contributed by atoms with Crippen LogP contribution in [0.25, 0.3) is 0 Å². The second-order valence-electron chi connectivity index (χ2n) is 4.24. The highest BCUT2D eigenvalue weighted by Gasteiger charge is 2.05. The molecule has 0 aliphatic carbocycles. The maximum atomic E-state index is 11.3. The standard InChI is InChI=1S/C13H18O2/c1-10(2)8-13(14)15-9-12-6-4-11(3)5-7-12/h4-7,10H,8-9H2,1-3H3. The summed E-state index contributed by atoms with van der Waals surface area (Å²) >= 11 is 0. The minimum absolute atomic E-state index is 0.120. The highest BCUT2D eigenvalue weighted by atomic mass is 16.5. The largest absolute Gasteiger partial charge is 0.461 e. The van der Waals surface area contributed by atoms with Gasteiger partial charge in [0.2, 0.25) is 0 Å². The molecule has 1 aromatic carbocycles. The summed E-state index contributed by atoms with van der Waals surface area (Å²) in [5.41, 5.74) is 2.25. The van der Waals surface area contributed by atoms with Gasteiger partial charge < -0.3 is 4.74 Å². The monoisotopic (exact) mass is 206 g/mol. The lowest BCUT2D eigenvalue weighted by atomic mass is 10.1. The Kier molecular flexibility index (Phi) is 4.35. The fourth-order valence-electron chi connectivity index (χ4n) is 1.24. The third-order valence-electron chi connectivity index (χ3n) is 2.10. The molecule has 1 rings (SSSR count). The van der Waals surface area contributed by atoms with E-state index < -0.39 is 0 Å². The molecule has 15 heavy (non-hydrogen) atoms. The molecule has 0 fully saturated rings. The fraction of sp³-hybridized carbons (Fsp3) is 0.462. The molecule has 2 nitrogen and oxygen atoms in total. The number of aryl methyl sites for hydroxylation is 1. The Labute approximate surface area is 91.3 Å². The zero-order valence-corrected chi connectivity index (χ0v) is 9.62. The van der Waals surface area contributed by atoms with E-state index in [-0.39, 0.29) is 5.97 Å². The number of benzene rings is 1. The Morgan fingerprint density at radius 2 is 1.87 bits per heavy atom. The van der Waals surface area contributed by atoms with Crippen LogP contribution < -0.4 is 0 Å². The lowest BCUT2D eigenvalue weighted by Gasteiger charge is -2.06. The van der Waals surface area contributed by atoms with E-state index >= 15 is 0 Å². The number of hydrogen-bond donors (Lipinski definition) is 0. The summed E-state index contributed by atoms with van der Waals surface area (Å²) in [5.74, 6) is 0.237. The van der Waals surface area contributed by atoms with Crippen LogP contribution in [0.15, 0.2) is 24.3 Å². The van der Waals surface area contributed by atoms with Crippen LogP contribution in [-0.4, -0.2) is 5.97 Å². The number of rotatable bonds is 4. The predicted molar refractivity (Wildman–Crippen MR) is 60.4 cm³/mol. The molecule has 0 aliphatic heterocycles. The van der Waals surface area contributed by atoms with Gasteiger partial charge in [-0.1, -0.05) is 43.7 Å². The van der Waals surface area contributed by atoms with Crippen LogP contribution in [0, 0.1) is 12.8 Å². The van der Waals surface area contributed by atoms with Crippen LogP contribution in [0.1, 0.15) is 31.4 Å². The molecular formula is C13H18O2. The molecule has 0 radical (unpaired) electrons. The van der Waals surface area contributed by atoms with Gasteiger partial charge >= 0.3 is 5.97 Å². The summed E-state index contributed by atoms with van der Waals surface area (Å²) in [5, 5.41) is 0. The number of hydrogen-bond acceptors (Lipinski definition) is 2. The van der Waals surface area contributed by atoms with Crippen molar-refractivity contribution in [3.63, 3.8) is 0 Å². The first kappa shape index (κ1) is 11.8. The molecule has 0 spiro atoms. The Morgan fingerprint density at radius 1 is 1.27 bits per heavy atom. The smallest absolute Gasteiger partial charge is 0.306 e. The summed E-state index contributed by atoms with van der Waals surface area (Å²) in [6.45, 7) is 6.43. The topological polar surface area (TPSA) is 26.3 Å². The first-order chi connectivity index (χ1) is 7.08. The Bertz CT molecular complexity index is 312. The molecule has 0 bridgehead atoms. The van der Waals surface area contributed by atoms with E-state index in [1.165, 1.54) is 5.56 Å². The molecule has 0 heterocycles. The lowest BCUT2D eigenvalue weighted by molar-refractivity contribution is -0.145. The van der Waals surface area contributed by atoms with Gasteiger partial charge in [0.15, 0.2) is 0 Å². The third-order valence-corrected chi connectivity index (χ3v) is 2.10. The molecule has 0 saturated heterocycles. The van der Waals surface area contributed by atoms with Gasteiger partial charge in [-0.3, -0.25) is 4.79 Å². The Morgan fingerprint density at radius 3 is 2.40 bits per heavy atom. The van der Waals surface area contributed by atoms with Gasteiger partial charge in [0.05, 0.1) is 0 Å². The molecule has 82 valence electrons. The van der Waals surface area contributed by atoms with Crippen LogP contribution in [0.4, 0.5) is 0 Å². The van der Waals surface area contributed by atoms with Gasteiger partial charge in [0.1, 0.15) is 6.61 Å². The normalized spacial score (nSPS) is 10.4. The van der Waals surface area contributed by atoms with Crippen LogP contribution in [0.3, 0.4) is 0 Å². The van der Waals surface area contributed by atoms with Gasteiger partial charge in [-0.15, -0.1) is 0 Å². The molecule has 0 aromatic heterocycles. The maximum Gasteiger partial charge on any atom is 0.306 e. The highest BCUT2D eigenvalue weighted by molar-refractivity contribution is 5.69. The molecule has 0 N–H and O–H groups in total. The zero-order chi connectivity index (χ0) is 11.3. The highest BCUT2D eigenvalue weighted by Crippen LogP contribution is 2.07. The SMILES string of the molecule is Cc1ccc(COC(=O)CC(C)C)cc1. The number of esters is 1. The lowest BCUT2D eigenvalue weighted by Crippen LogP contribution is -2.07. The van der Waals surface area contributed by atoms with Crippen molar-refractivity contribution in [1.29, 1.82) is 0 Å². The van der Waals surface area contributed by atoms with E-state index in [2.05, 4.69) is 0 Å². The van der Waals surface area contributed by atoms with Crippen molar-refractivity contribution >= 4 is 5.97 Å². The second kappa shape index (κ2) is 5.54. The van der Waals surface area contributed by atoms with Gasteiger partial charge in [0.25, 0.3) is 0 Å². The molecule has 0 unspecified atom stereocenters. The second-order valence-corrected chi connectivity index (χ2v) is 4.24. The van der Waals surface area contributed by atoms with E-state index in [0.717, 1.165) is 5.56 Å². The van der Waals surface area contributed by atoms with E-state index in [9.17, 15) is 4.79 Å². The molecule has 0 amide bonds. The summed E-state index contributed by atoms with van der Waals surface area (Å²) in [6, 6.07) is 8.01. The van der Waals surface area contributed by atoms with E-state index in [0.29, 0.717) is 18.9 Å². The summed E-state index contributed by atoms with van der Waals surface area (Å²) < 4.78 is 5.14. The number of carbonyl (C=O) groups excluding carboxylic acids is 1. The van der Waals surface area contributed by atoms with E-state index in [1.807, 2.05) is 45.0 Å². The Balaban J connectivity index is 2.37. The van der Waals surface area contributed by atoms with Gasteiger partial charge in [-0.05, 0) is 18.4 Å². The van der Waals surface area contributed by atoms with Crippen molar-refractivity contribution in [1.82, 2.24) is 0 Å². The van der Waals surface area contributed by atoms with Crippen molar-refractivity contribution in [2.24, 2.45) is 5.92 Å². The van der Waals surface area contributed by atoms with Crippen LogP contribution in [0.5, 0.6) is 0 Å². The average molecular weight is 206 g/mol. The van der Waals surface area contributed by atoms with E-state index in [4.69, 9.17) is 4.74 Å². The average Bonchev–Trinajstić information content (AvgIpc) is 2.16. The minimum Gasteiger partial charge on any atom is -0.461 e. The molecular weight excluding hydrogens is 188 g/mol. The molecule has 0 saturated carbocycles. The Hall–Kier alpha value is -1.31.